The SMILES string of the molecule is C[Si](C)(C)/C=C/COS(C)(=O)=O. The molecule has 0 unspecified atom stereocenters. The van der Waals surface area contributed by atoms with Crippen molar-refractivity contribution in [3.05, 3.63) is 11.8 Å². The molecule has 0 atom stereocenters. The van der Waals surface area contributed by atoms with E-state index in [0.29, 0.717) is 0 Å². The Kier molecular flexibility index (Phi) is 4.16. The topological polar surface area (TPSA) is 43.4 Å². The molecule has 0 rings (SSSR count). The van der Waals surface area contributed by atoms with E-state index < -0.39 is 18.2 Å². The molecule has 0 amide bonds. The molecule has 0 aromatic heterocycles. The lowest BCUT2D eigenvalue weighted by atomic mass is 10.7. The standard InChI is InChI=1S/C7H16O3SSi/c1-11(8,9)10-6-5-7-12(2,3)4/h5,7H,6H2,1-4H3/b7-5+. The van der Waals surface area contributed by atoms with Crippen LogP contribution in [-0.2, 0) is 14.3 Å². The predicted octanol–water partition coefficient (Wildman–Crippen LogP) is 1.40. The third kappa shape index (κ3) is 9.87. The normalized spacial score (nSPS) is 14.0. The van der Waals surface area contributed by atoms with E-state index in [9.17, 15) is 8.42 Å². The summed E-state index contributed by atoms with van der Waals surface area (Å²) in [4.78, 5) is 0. The Bertz CT molecular complexity index is 248. The largest absolute Gasteiger partial charge is 0.266 e. The van der Waals surface area contributed by atoms with Crippen LogP contribution >= 0.6 is 0 Å². The molecule has 0 aromatic rings. The van der Waals surface area contributed by atoms with Crippen LogP contribution in [0.1, 0.15) is 0 Å². The first-order chi connectivity index (χ1) is 5.21. The van der Waals surface area contributed by atoms with E-state index in [2.05, 4.69) is 29.5 Å². The zero-order valence-electron chi connectivity index (χ0n) is 7.99. The summed E-state index contributed by atoms with van der Waals surface area (Å²) in [6.07, 6.45) is 2.82. The third-order valence-electron chi connectivity index (χ3n) is 0.996. The van der Waals surface area contributed by atoms with Gasteiger partial charge in [-0.1, -0.05) is 31.4 Å². The smallest absolute Gasteiger partial charge is 0.264 e. The molecule has 0 saturated heterocycles. The second-order valence-electron chi connectivity index (χ2n) is 3.76. The van der Waals surface area contributed by atoms with E-state index >= 15 is 0 Å². The van der Waals surface area contributed by atoms with Gasteiger partial charge in [-0.05, 0) is 0 Å². The number of hydrogen-bond acceptors (Lipinski definition) is 3. The van der Waals surface area contributed by atoms with E-state index in [1.54, 1.807) is 6.08 Å². The summed E-state index contributed by atoms with van der Waals surface area (Å²) < 4.78 is 25.6. The molecule has 0 spiro atoms. The zero-order valence-corrected chi connectivity index (χ0v) is 9.81. The second kappa shape index (κ2) is 4.20. The van der Waals surface area contributed by atoms with Gasteiger partial charge in [-0.15, -0.1) is 0 Å². The summed E-state index contributed by atoms with van der Waals surface area (Å²) in [5.41, 5.74) is 2.05. The Balaban J connectivity index is 3.80. The van der Waals surface area contributed by atoms with E-state index in [-0.39, 0.29) is 6.61 Å². The molecule has 0 radical (unpaired) electrons. The first kappa shape index (κ1) is 11.9. The van der Waals surface area contributed by atoms with Crippen molar-refractivity contribution in [2.75, 3.05) is 12.9 Å². The Morgan fingerprint density at radius 3 is 2.17 bits per heavy atom. The summed E-state index contributed by atoms with van der Waals surface area (Å²) in [5, 5.41) is 0. The lowest BCUT2D eigenvalue weighted by molar-refractivity contribution is 0.362. The third-order valence-corrected chi connectivity index (χ3v) is 2.80. The van der Waals surface area contributed by atoms with Gasteiger partial charge in [0.2, 0.25) is 0 Å². The minimum Gasteiger partial charge on any atom is -0.266 e. The van der Waals surface area contributed by atoms with Crippen molar-refractivity contribution in [2.45, 2.75) is 19.6 Å². The van der Waals surface area contributed by atoms with Gasteiger partial charge in [0.25, 0.3) is 10.1 Å². The molecular formula is C7H16O3SSi. The van der Waals surface area contributed by atoms with Crippen molar-refractivity contribution in [2.24, 2.45) is 0 Å². The molecule has 0 aromatic carbocycles. The lowest BCUT2D eigenvalue weighted by Gasteiger charge is -2.07. The molecule has 0 fully saturated rings. The molecule has 72 valence electrons. The van der Waals surface area contributed by atoms with Gasteiger partial charge in [0.05, 0.1) is 20.9 Å². The molecule has 0 aliphatic heterocycles. The molecular weight excluding hydrogens is 192 g/mol. The summed E-state index contributed by atoms with van der Waals surface area (Å²) in [7, 11) is -4.49. The van der Waals surface area contributed by atoms with Crippen molar-refractivity contribution in [1.82, 2.24) is 0 Å². The van der Waals surface area contributed by atoms with Crippen LogP contribution in [0.5, 0.6) is 0 Å². The Morgan fingerprint density at radius 2 is 1.83 bits per heavy atom. The van der Waals surface area contributed by atoms with Gasteiger partial charge < -0.3 is 0 Å². The second-order valence-corrected chi connectivity index (χ2v) is 10.5. The fraction of sp³-hybridized carbons (Fsp3) is 0.714. The van der Waals surface area contributed by atoms with E-state index in [0.717, 1.165) is 6.26 Å². The summed E-state index contributed by atoms with van der Waals surface area (Å²) in [6, 6.07) is 0. The van der Waals surface area contributed by atoms with Crippen molar-refractivity contribution >= 4 is 18.2 Å². The Labute approximate surface area is 75.6 Å². The Hall–Kier alpha value is -0.133. The number of hydrogen-bond donors (Lipinski definition) is 0. The highest BCUT2D eigenvalue weighted by atomic mass is 32.2. The van der Waals surface area contributed by atoms with Crippen LogP contribution in [0, 0.1) is 0 Å². The van der Waals surface area contributed by atoms with Gasteiger partial charge in [-0.3, -0.25) is 4.18 Å². The predicted molar refractivity (Wildman–Crippen MR) is 53.3 cm³/mol. The van der Waals surface area contributed by atoms with Crippen LogP contribution in [0.15, 0.2) is 11.8 Å². The molecule has 5 heteroatoms. The van der Waals surface area contributed by atoms with E-state index in [4.69, 9.17) is 0 Å². The maximum absolute atomic E-state index is 10.5. The van der Waals surface area contributed by atoms with Crippen molar-refractivity contribution < 1.29 is 12.6 Å². The molecule has 0 aliphatic carbocycles. The highest BCUT2D eigenvalue weighted by molar-refractivity contribution is 7.85. The van der Waals surface area contributed by atoms with Crippen LogP contribution in [-0.4, -0.2) is 29.4 Å². The molecule has 12 heavy (non-hydrogen) atoms. The monoisotopic (exact) mass is 208 g/mol. The molecule has 3 nitrogen and oxygen atoms in total. The minimum absolute atomic E-state index is 0.156. The summed E-state index contributed by atoms with van der Waals surface area (Å²) >= 11 is 0. The summed E-state index contributed by atoms with van der Waals surface area (Å²) in [6.45, 7) is 6.67. The fourth-order valence-corrected chi connectivity index (χ4v) is 1.69. The van der Waals surface area contributed by atoms with Gasteiger partial charge in [0.15, 0.2) is 0 Å². The fourth-order valence-electron chi connectivity index (χ4n) is 0.565. The van der Waals surface area contributed by atoms with Crippen LogP contribution in [0.25, 0.3) is 0 Å². The van der Waals surface area contributed by atoms with Crippen molar-refractivity contribution in [3.63, 3.8) is 0 Å². The van der Waals surface area contributed by atoms with Crippen molar-refractivity contribution in [3.8, 4) is 0 Å². The van der Waals surface area contributed by atoms with Gasteiger partial charge in [-0.25, -0.2) is 0 Å². The Morgan fingerprint density at radius 1 is 1.33 bits per heavy atom. The molecule has 0 bridgehead atoms. The summed E-state index contributed by atoms with van der Waals surface area (Å²) in [5.74, 6) is 0. The van der Waals surface area contributed by atoms with E-state index in [1.165, 1.54) is 0 Å². The zero-order chi connectivity index (χ0) is 9.83. The average molecular weight is 208 g/mol. The number of rotatable bonds is 4. The minimum atomic E-state index is -3.28. The maximum atomic E-state index is 10.5. The quantitative estimate of drug-likeness (QED) is 0.518. The lowest BCUT2D eigenvalue weighted by Crippen LogP contribution is -2.16. The van der Waals surface area contributed by atoms with Gasteiger partial charge >= 0.3 is 0 Å². The van der Waals surface area contributed by atoms with Crippen LogP contribution in [0.2, 0.25) is 19.6 Å². The average Bonchev–Trinajstić information content (AvgIpc) is 1.76. The van der Waals surface area contributed by atoms with Gasteiger partial charge in [-0.2, -0.15) is 8.42 Å². The van der Waals surface area contributed by atoms with Gasteiger partial charge in [0.1, 0.15) is 0 Å². The highest BCUT2D eigenvalue weighted by Gasteiger charge is 2.06. The molecule has 0 saturated carbocycles. The van der Waals surface area contributed by atoms with Crippen LogP contribution < -0.4 is 0 Å². The molecule has 0 N–H and O–H groups in total. The molecule has 0 heterocycles. The van der Waals surface area contributed by atoms with E-state index in [1.807, 2.05) is 0 Å². The molecule has 0 aliphatic rings. The first-order valence-electron chi connectivity index (χ1n) is 3.73. The van der Waals surface area contributed by atoms with Gasteiger partial charge in [0, 0.05) is 0 Å². The van der Waals surface area contributed by atoms with Crippen molar-refractivity contribution in [1.29, 1.82) is 0 Å². The first-order valence-corrected chi connectivity index (χ1v) is 9.12. The maximum Gasteiger partial charge on any atom is 0.264 e. The van der Waals surface area contributed by atoms with Crippen LogP contribution in [0.3, 0.4) is 0 Å². The highest BCUT2D eigenvalue weighted by Crippen LogP contribution is 2.01. The van der Waals surface area contributed by atoms with Crippen LogP contribution in [0.4, 0.5) is 0 Å².